The van der Waals surface area contributed by atoms with Crippen LogP contribution in [0.4, 0.5) is 11.4 Å². The number of nitrogens with one attached hydrogen (secondary N) is 1. The van der Waals surface area contributed by atoms with Crippen LogP contribution in [-0.4, -0.2) is 20.3 Å². The highest BCUT2D eigenvalue weighted by atomic mass is 16.5. The van der Waals surface area contributed by atoms with Crippen LogP contribution in [0.15, 0.2) is 36.4 Å². The van der Waals surface area contributed by atoms with Gasteiger partial charge in [0.1, 0.15) is 0 Å². The van der Waals surface area contributed by atoms with E-state index in [-0.39, 0.29) is 0 Å². The third-order valence-electron chi connectivity index (χ3n) is 3.33. The highest BCUT2D eigenvalue weighted by molar-refractivity contribution is 5.79. The average Bonchev–Trinajstić information content (AvgIpc) is 2.71. The minimum absolute atomic E-state index is 0.659. The standard InChI is InChI=1S/C16H18N2O2/c1-18-13-5-2-4-11(8-13)14-9-12(17)10-15-16(14)20-7-3-6-19-15/h2,4-5,8-10,18H,3,6-7,17H2,1H3. The predicted molar refractivity (Wildman–Crippen MR) is 81.4 cm³/mol. The SMILES string of the molecule is CNc1cccc(-c2cc(N)cc3c2OCCCO3)c1. The number of nitrogen functional groups attached to an aromatic ring is 1. The average molecular weight is 270 g/mol. The van der Waals surface area contributed by atoms with E-state index in [1.165, 1.54) is 0 Å². The molecule has 0 radical (unpaired) electrons. The van der Waals surface area contributed by atoms with Gasteiger partial charge in [-0.2, -0.15) is 0 Å². The molecule has 1 heterocycles. The summed E-state index contributed by atoms with van der Waals surface area (Å²) in [5.74, 6) is 1.51. The number of fused-ring (bicyclic) bond motifs is 1. The minimum Gasteiger partial charge on any atom is -0.489 e. The first-order chi connectivity index (χ1) is 9.78. The molecule has 0 saturated heterocycles. The molecule has 3 rings (SSSR count). The number of hydrogen-bond acceptors (Lipinski definition) is 4. The van der Waals surface area contributed by atoms with Crippen LogP contribution >= 0.6 is 0 Å². The smallest absolute Gasteiger partial charge is 0.169 e. The van der Waals surface area contributed by atoms with E-state index in [1.807, 2.05) is 37.4 Å². The van der Waals surface area contributed by atoms with Gasteiger partial charge in [-0.1, -0.05) is 12.1 Å². The van der Waals surface area contributed by atoms with Crippen molar-refractivity contribution in [2.45, 2.75) is 6.42 Å². The Morgan fingerprint density at radius 3 is 2.80 bits per heavy atom. The maximum Gasteiger partial charge on any atom is 0.169 e. The topological polar surface area (TPSA) is 56.5 Å². The van der Waals surface area contributed by atoms with Crippen LogP contribution in [0.1, 0.15) is 6.42 Å². The maximum atomic E-state index is 5.99. The van der Waals surface area contributed by atoms with Crippen molar-refractivity contribution >= 4 is 11.4 Å². The van der Waals surface area contributed by atoms with Gasteiger partial charge in [0, 0.05) is 36.5 Å². The zero-order valence-corrected chi connectivity index (χ0v) is 11.5. The summed E-state index contributed by atoms with van der Waals surface area (Å²) in [5, 5.41) is 3.14. The molecular weight excluding hydrogens is 252 g/mol. The fourth-order valence-corrected chi connectivity index (χ4v) is 2.35. The largest absolute Gasteiger partial charge is 0.489 e. The lowest BCUT2D eigenvalue weighted by molar-refractivity contribution is 0.297. The normalized spacial score (nSPS) is 13.7. The van der Waals surface area contributed by atoms with Crippen molar-refractivity contribution in [3.63, 3.8) is 0 Å². The molecule has 2 aromatic carbocycles. The van der Waals surface area contributed by atoms with Crippen molar-refractivity contribution in [1.29, 1.82) is 0 Å². The molecule has 0 atom stereocenters. The Morgan fingerprint density at radius 2 is 1.95 bits per heavy atom. The summed E-state index contributed by atoms with van der Waals surface area (Å²) in [5.41, 5.74) is 9.75. The lowest BCUT2D eigenvalue weighted by Crippen LogP contribution is -1.98. The van der Waals surface area contributed by atoms with Crippen molar-refractivity contribution < 1.29 is 9.47 Å². The molecule has 0 aromatic heterocycles. The fourth-order valence-electron chi connectivity index (χ4n) is 2.35. The Bertz CT molecular complexity index is 626. The van der Waals surface area contributed by atoms with Gasteiger partial charge in [-0.05, 0) is 23.8 Å². The molecule has 3 N–H and O–H groups in total. The summed E-state index contributed by atoms with van der Waals surface area (Å²) >= 11 is 0. The summed E-state index contributed by atoms with van der Waals surface area (Å²) < 4.78 is 11.6. The molecule has 0 saturated carbocycles. The molecule has 1 aliphatic heterocycles. The van der Waals surface area contributed by atoms with Crippen molar-refractivity contribution in [3.8, 4) is 22.6 Å². The van der Waals surface area contributed by atoms with Gasteiger partial charge in [0.2, 0.25) is 0 Å². The molecule has 0 unspecified atom stereocenters. The summed E-state index contributed by atoms with van der Waals surface area (Å²) in [7, 11) is 1.90. The van der Waals surface area contributed by atoms with E-state index in [1.54, 1.807) is 0 Å². The molecular formula is C16H18N2O2. The van der Waals surface area contributed by atoms with Crippen molar-refractivity contribution in [2.75, 3.05) is 31.3 Å². The Hall–Kier alpha value is -2.36. The highest BCUT2D eigenvalue weighted by Gasteiger charge is 2.17. The first kappa shape index (κ1) is 12.7. The number of benzene rings is 2. The van der Waals surface area contributed by atoms with E-state index in [2.05, 4.69) is 11.4 Å². The van der Waals surface area contributed by atoms with Gasteiger partial charge >= 0.3 is 0 Å². The molecule has 1 aliphatic rings. The van der Waals surface area contributed by atoms with Gasteiger partial charge in [0.25, 0.3) is 0 Å². The number of ether oxygens (including phenoxy) is 2. The molecule has 0 spiro atoms. The quantitative estimate of drug-likeness (QED) is 0.823. The number of nitrogens with two attached hydrogens (primary N) is 1. The van der Waals surface area contributed by atoms with Crippen LogP contribution in [0.2, 0.25) is 0 Å². The lowest BCUT2D eigenvalue weighted by Gasteiger charge is -2.14. The van der Waals surface area contributed by atoms with E-state index >= 15 is 0 Å². The summed E-state index contributed by atoms with van der Waals surface area (Å²) in [4.78, 5) is 0. The molecule has 0 amide bonds. The minimum atomic E-state index is 0.659. The zero-order chi connectivity index (χ0) is 13.9. The van der Waals surface area contributed by atoms with Crippen LogP contribution in [-0.2, 0) is 0 Å². The number of hydrogen-bond donors (Lipinski definition) is 2. The second-order valence-corrected chi connectivity index (χ2v) is 4.78. The molecule has 4 heteroatoms. The van der Waals surface area contributed by atoms with E-state index < -0.39 is 0 Å². The predicted octanol–water partition coefficient (Wildman–Crippen LogP) is 3.14. The van der Waals surface area contributed by atoms with Gasteiger partial charge in [0.15, 0.2) is 11.5 Å². The van der Waals surface area contributed by atoms with Gasteiger partial charge in [-0.3, -0.25) is 0 Å². The fraction of sp³-hybridized carbons (Fsp3) is 0.250. The van der Waals surface area contributed by atoms with E-state index in [9.17, 15) is 0 Å². The van der Waals surface area contributed by atoms with Crippen molar-refractivity contribution in [1.82, 2.24) is 0 Å². The molecule has 4 nitrogen and oxygen atoms in total. The Morgan fingerprint density at radius 1 is 1.10 bits per heavy atom. The summed E-state index contributed by atoms with van der Waals surface area (Å²) in [6.45, 7) is 1.32. The first-order valence-corrected chi connectivity index (χ1v) is 6.75. The van der Waals surface area contributed by atoms with E-state index in [0.717, 1.165) is 34.7 Å². The van der Waals surface area contributed by atoms with Crippen LogP contribution in [0.3, 0.4) is 0 Å². The van der Waals surface area contributed by atoms with Crippen LogP contribution in [0.25, 0.3) is 11.1 Å². The third-order valence-corrected chi connectivity index (χ3v) is 3.33. The van der Waals surface area contributed by atoms with E-state index in [0.29, 0.717) is 18.9 Å². The molecule has 2 aromatic rings. The maximum absolute atomic E-state index is 5.99. The van der Waals surface area contributed by atoms with Gasteiger partial charge in [-0.15, -0.1) is 0 Å². The molecule has 104 valence electrons. The molecule has 0 fully saturated rings. The summed E-state index contributed by atoms with van der Waals surface area (Å²) in [6, 6.07) is 11.9. The lowest BCUT2D eigenvalue weighted by atomic mass is 10.0. The Kier molecular flexibility index (Phi) is 3.37. The van der Waals surface area contributed by atoms with Crippen molar-refractivity contribution in [3.05, 3.63) is 36.4 Å². The number of rotatable bonds is 2. The second kappa shape index (κ2) is 5.33. The monoisotopic (exact) mass is 270 g/mol. The van der Waals surface area contributed by atoms with Crippen molar-refractivity contribution in [2.24, 2.45) is 0 Å². The Balaban J connectivity index is 2.14. The van der Waals surface area contributed by atoms with Crippen LogP contribution in [0.5, 0.6) is 11.5 Å². The summed E-state index contributed by atoms with van der Waals surface area (Å²) in [6.07, 6.45) is 0.880. The van der Waals surface area contributed by atoms with Gasteiger partial charge < -0.3 is 20.5 Å². The molecule has 20 heavy (non-hydrogen) atoms. The second-order valence-electron chi connectivity index (χ2n) is 4.78. The third kappa shape index (κ3) is 2.37. The van der Waals surface area contributed by atoms with E-state index in [4.69, 9.17) is 15.2 Å². The van der Waals surface area contributed by atoms with Gasteiger partial charge in [0.05, 0.1) is 13.2 Å². The zero-order valence-electron chi connectivity index (χ0n) is 11.5. The molecule has 0 aliphatic carbocycles. The Labute approximate surface area is 118 Å². The van der Waals surface area contributed by atoms with Crippen LogP contribution in [0, 0.1) is 0 Å². The first-order valence-electron chi connectivity index (χ1n) is 6.75. The molecule has 0 bridgehead atoms. The number of anilines is 2. The van der Waals surface area contributed by atoms with Crippen LogP contribution < -0.4 is 20.5 Å². The highest BCUT2D eigenvalue weighted by Crippen LogP contribution is 2.42. The van der Waals surface area contributed by atoms with Gasteiger partial charge in [-0.25, -0.2) is 0 Å².